The fraction of sp³-hybridized carbons (Fsp3) is 1.00. The molecule has 0 bridgehead atoms. The van der Waals surface area contributed by atoms with Gasteiger partial charge in [-0.1, -0.05) is 19.6 Å². The van der Waals surface area contributed by atoms with Crippen molar-refractivity contribution in [3.8, 4) is 0 Å². The van der Waals surface area contributed by atoms with Crippen LogP contribution in [0.3, 0.4) is 0 Å². The third kappa shape index (κ3) is 6.02. The zero-order valence-electron chi connectivity index (χ0n) is 6.99. The van der Waals surface area contributed by atoms with E-state index in [4.69, 9.17) is 4.74 Å². The summed E-state index contributed by atoms with van der Waals surface area (Å²) in [6, 6.07) is 0. The number of nitrogens with one attached hydrogen (secondary N) is 1. The van der Waals surface area contributed by atoms with Crippen LogP contribution in [-0.2, 0) is 4.74 Å². The summed E-state index contributed by atoms with van der Waals surface area (Å²) in [5, 5.41) is 0. The van der Waals surface area contributed by atoms with Crippen molar-refractivity contribution in [1.29, 1.82) is 0 Å². The van der Waals surface area contributed by atoms with Crippen LogP contribution in [0.2, 0.25) is 19.6 Å². The molecule has 0 aromatic heterocycles. The molecule has 1 N–H and O–H groups in total. The van der Waals surface area contributed by atoms with Crippen LogP contribution in [0.4, 0.5) is 0 Å². The van der Waals surface area contributed by atoms with Crippen molar-refractivity contribution in [3.05, 3.63) is 0 Å². The minimum absolute atomic E-state index is 0.205. The van der Waals surface area contributed by atoms with Gasteiger partial charge in [-0.2, -0.15) is 0 Å². The first-order chi connectivity index (χ1) is 3.95. The van der Waals surface area contributed by atoms with Crippen LogP contribution in [0.1, 0.15) is 6.92 Å². The van der Waals surface area contributed by atoms with E-state index in [1.165, 1.54) is 0 Å². The van der Waals surface area contributed by atoms with Gasteiger partial charge >= 0.3 is 0 Å². The van der Waals surface area contributed by atoms with Gasteiger partial charge in [-0.05, 0) is 6.92 Å². The van der Waals surface area contributed by atoms with Crippen molar-refractivity contribution in [3.63, 3.8) is 0 Å². The van der Waals surface area contributed by atoms with Crippen LogP contribution in [0.15, 0.2) is 0 Å². The van der Waals surface area contributed by atoms with Crippen molar-refractivity contribution < 1.29 is 4.74 Å². The molecular formula is C6H17NOSi. The van der Waals surface area contributed by atoms with Crippen molar-refractivity contribution in [2.75, 3.05) is 7.11 Å². The van der Waals surface area contributed by atoms with Gasteiger partial charge in [0, 0.05) is 7.11 Å². The Bertz CT molecular complexity index is 79.6. The van der Waals surface area contributed by atoms with Crippen LogP contribution >= 0.6 is 0 Å². The lowest BCUT2D eigenvalue weighted by Crippen LogP contribution is -2.47. The molecule has 0 aliphatic heterocycles. The monoisotopic (exact) mass is 147 g/mol. The molecule has 1 unspecified atom stereocenters. The molecule has 56 valence electrons. The SMILES string of the molecule is COC(C)N[Si](C)(C)C. The largest absolute Gasteiger partial charge is 0.368 e. The molecule has 0 saturated heterocycles. The molecule has 0 fully saturated rings. The first kappa shape index (κ1) is 9.14. The highest BCUT2D eigenvalue weighted by Crippen LogP contribution is 1.96. The summed E-state index contributed by atoms with van der Waals surface area (Å²) in [5.41, 5.74) is 0. The van der Waals surface area contributed by atoms with E-state index in [9.17, 15) is 0 Å². The van der Waals surface area contributed by atoms with E-state index in [0.29, 0.717) is 0 Å². The topological polar surface area (TPSA) is 21.3 Å². The van der Waals surface area contributed by atoms with Gasteiger partial charge in [-0.25, -0.2) is 0 Å². The third-order valence-corrected chi connectivity index (χ3v) is 2.26. The summed E-state index contributed by atoms with van der Waals surface area (Å²) in [6.45, 7) is 8.78. The highest BCUT2D eigenvalue weighted by molar-refractivity contribution is 6.73. The van der Waals surface area contributed by atoms with Crippen molar-refractivity contribution >= 4 is 8.24 Å². The normalized spacial score (nSPS) is 15.7. The number of methoxy groups -OCH3 is 1. The quantitative estimate of drug-likeness (QED) is 0.481. The van der Waals surface area contributed by atoms with Gasteiger partial charge in [0.15, 0.2) is 0 Å². The Balaban J connectivity index is 3.47. The van der Waals surface area contributed by atoms with E-state index in [1.807, 2.05) is 6.92 Å². The summed E-state index contributed by atoms with van der Waals surface area (Å²) in [5.74, 6) is 0. The fourth-order valence-electron chi connectivity index (χ4n) is 0.669. The van der Waals surface area contributed by atoms with Crippen LogP contribution in [-0.4, -0.2) is 21.6 Å². The number of rotatable bonds is 3. The molecule has 0 aliphatic carbocycles. The first-order valence-electron chi connectivity index (χ1n) is 3.26. The van der Waals surface area contributed by atoms with E-state index in [-0.39, 0.29) is 6.23 Å². The van der Waals surface area contributed by atoms with E-state index in [2.05, 4.69) is 24.6 Å². The van der Waals surface area contributed by atoms with Gasteiger partial charge in [-0.15, -0.1) is 0 Å². The maximum Gasteiger partial charge on any atom is 0.118 e. The molecule has 0 radical (unpaired) electrons. The third-order valence-electron chi connectivity index (χ3n) is 0.990. The molecule has 0 aliphatic rings. The molecule has 0 rings (SSSR count). The van der Waals surface area contributed by atoms with Gasteiger partial charge in [0.1, 0.15) is 8.24 Å². The van der Waals surface area contributed by atoms with Crippen LogP contribution < -0.4 is 4.98 Å². The predicted octanol–water partition coefficient (Wildman–Crippen LogP) is 1.40. The highest BCUT2D eigenvalue weighted by Gasteiger charge is 2.14. The molecule has 0 amide bonds. The minimum atomic E-state index is -1.12. The zero-order chi connectivity index (χ0) is 7.49. The van der Waals surface area contributed by atoms with Crippen molar-refractivity contribution in [2.45, 2.75) is 32.8 Å². The second-order valence-corrected chi connectivity index (χ2v) is 8.06. The Hall–Kier alpha value is 0.137. The van der Waals surface area contributed by atoms with Crippen molar-refractivity contribution in [1.82, 2.24) is 4.98 Å². The summed E-state index contributed by atoms with van der Waals surface area (Å²) < 4.78 is 5.05. The lowest BCUT2D eigenvalue weighted by Gasteiger charge is -2.22. The molecule has 0 saturated carbocycles. The van der Waals surface area contributed by atoms with Crippen LogP contribution in [0.5, 0.6) is 0 Å². The second-order valence-electron chi connectivity index (χ2n) is 3.27. The molecule has 0 aromatic rings. The lowest BCUT2D eigenvalue weighted by atomic mass is 10.7. The molecule has 2 nitrogen and oxygen atoms in total. The molecule has 0 heterocycles. The summed E-state index contributed by atoms with van der Waals surface area (Å²) >= 11 is 0. The molecule has 0 spiro atoms. The van der Waals surface area contributed by atoms with Gasteiger partial charge in [0.25, 0.3) is 0 Å². The molecule has 0 aromatic carbocycles. The summed E-state index contributed by atoms with van der Waals surface area (Å²) in [6.07, 6.45) is 0.205. The van der Waals surface area contributed by atoms with Gasteiger partial charge < -0.3 is 9.72 Å². The smallest absolute Gasteiger partial charge is 0.118 e. The Morgan fingerprint density at radius 3 is 1.89 bits per heavy atom. The molecular weight excluding hydrogens is 130 g/mol. The minimum Gasteiger partial charge on any atom is -0.368 e. The van der Waals surface area contributed by atoms with E-state index >= 15 is 0 Å². The fourth-order valence-corrected chi connectivity index (χ4v) is 2.01. The standard InChI is InChI=1S/C6H17NOSi/c1-6(8-2)7-9(3,4)5/h6-7H,1-5H3. The Kier molecular flexibility index (Phi) is 3.39. The van der Waals surface area contributed by atoms with Crippen LogP contribution in [0, 0.1) is 0 Å². The summed E-state index contributed by atoms with van der Waals surface area (Å²) in [4.78, 5) is 3.39. The van der Waals surface area contributed by atoms with Gasteiger partial charge in [-0.3, -0.25) is 0 Å². The first-order valence-corrected chi connectivity index (χ1v) is 6.76. The molecule has 1 atom stereocenters. The number of hydrogen-bond donors (Lipinski definition) is 1. The van der Waals surface area contributed by atoms with E-state index in [1.54, 1.807) is 7.11 Å². The molecule has 3 heteroatoms. The van der Waals surface area contributed by atoms with Gasteiger partial charge in [0.2, 0.25) is 0 Å². The summed E-state index contributed by atoms with van der Waals surface area (Å²) in [7, 11) is 0.604. The Morgan fingerprint density at radius 2 is 1.78 bits per heavy atom. The van der Waals surface area contributed by atoms with Crippen LogP contribution in [0.25, 0.3) is 0 Å². The predicted molar refractivity (Wildman–Crippen MR) is 43.0 cm³/mol. The van der Waals surface area contributed by atoms with Crippen molar-refractivity contribution in [2.24, 2.45) is 0 Å². The Labute approximate surface area is 58.7 Å². The number of ether oxygens (including phenoxy) is 1. The molecule has 9 heavy (non-hydrogen) atoms. The maximum atomic E-state index is 5.05. The average molecular weight is 147 g/mol. The Morgan fingerprint density at radius 1 is 1.33 bits per heavy atom. The maximum absolute atomic E-state index is 5.05. The van der Waals surface area contributed by atoms with E-state index < -0.39 is 8.24 Å². The average Bonchev–Trinajstić information content (AvgIpc) is 1.62. The second kappa shape index (κ2) is 3.34. The number of hydrogen-bond acceptors (Lipinski definition) is 2. The van der Waals surface area contributed by atoms with Gasteiger partial charge in [0.05, 0.1) is 6.23 Å². The van der Waals surface area contributed by atoms with E-state index in [0.717, 1.165) is 0 Å². The lowest BCUT2D eigenvalue weighted by molar-refractivity contribution is 0.107. The highest BCUT2D eigenvalue weighted by atomic mass is 28.3. The zero-order valence-corrected chi connectivity index (χ0v) is 7.99.